The molecule has 2 amide bonds. The molecule has 74 valence electrons. The lowest BCUT2D eigenvalue weighted by molar-refractivity contribution is 0.170. The molecule has 4 nitrogen and oxygen atoms in total. The van der Waals surface area contributed by atoms with Gasteiger partial charge in [0, 0.05) is 20.1 Å². The van der Waals surface area contributed by atoms with Crippen molar-refractivity contribution >= 4 is 6.03 Å². The first-order chi connectivity index (χ1) is 6.17. The maximum absolute atomic E-state index is 11.6. The Balaban J connectivity index is 4.19. The average molecular weight is 183 g/mol. The highest BCUT2D eigenvalue weighted by Gasteiger charge is 2.14. The smallest absolute Gasteiger partial charge is 0.320 e. The molecular weight excluding hydrogens is 166 g/mol. The third kappa shape index (κ3) is 3.79. The van der Waals surface area contributed by atoms with Gasteiger partial charge in [-0.1, -0.05) is 6.92 Å². The van der Waals surface area contributed by atoms with Gasteiger partial charge in [0.05, 0.1) is 6.07 Å². The van der Waals surface area contributed by atoms with Gasteiger partial charge in [0.15, 0.2) is 0 Å². The van der Waals surface area contributed by atoms with E-state index in [4.69, 9.17) is 5.26 Å². The molecule has 0 bridgehead atoms. The number of rotatable bonds is 4. The minimum Gasteiger partial charge on any atom is -0.328 e. The van der Waals surface area contributed by atoms with Crippen LogP contribution in [0.1, 0.15) is 20.3 Å². The largest absolute Gasteiger partial charge is 0.328 e. The van der Waals surface area contributed by atoms with Crippen molar-refractivity contribution in [1.29, 1.82) is 5.26 Å². The Morgan fingerprint density at radius 3 is 2.46 bits per heavy atom. The summed E-state index contributed by atoms with van der Waals surface area (Å²) >= 11 is 0. The topological polar surface area (TPSA) is 47.3 Å². The first-order valence-electron chi connectivity index (χ1n) is 4.54. The van der Waals surface area contributed by atoms with Crippen LogP contribution in [0.5, 0.6) is 0 Å². The fraction of sp³-hybridized carbons (Fsp3) is 0.778. The summed E-state index contributed by atoms with van der Waals surface area (Å²) in [6.45, 7) is 5.40. The van der Waals surface area contributed by atoms with Crippen LogP contribution >= 0.6 is 0 Å². The molecule has 0 aromatic rings. The van der Waals surface area contributed by atoms with Gasteiger partial charge in [0.25, 0.3) is 0 Å². The van der Waals surface area contributed by atoms with E-state index in [2.05, 4.69) is 0 Å². The molecule has 0 saturated heterocycles. The first-order valence-corrected chi connectivity index (χ1v) is 4.54. The van der Waals surface area contributed by atoms with E-state index in [0.717, 1.165) is 6.42 Å². The maximum atomic E-state index is 11.6. The van der Waals surface area contributed by atoms with Crippen LogP contribution in [0.15, 0.2) is 0 Å². The van der Waals surface area contributed by atoms with Gasteiger partial charge in [0.1, 0.15) is 6.54 Å². The highest BCUT2D eigenvalue weighted by Crippen LogP contribution is 1.97. The molecule has 0 aliphatic heterocycles. The zero-order valence-electron chi connectivity index (χ0n) is 8.58. The Bertz CT molecular complexity index is 198. The minimum absolute atomic E-state index is 0.0640. The lowest BCUT2D eigenvalue weighted by Gasteiger charge is -2.24. The Morgan fingerprint density at radius 2 is 2.08 bits per heavy atom. The summed E-state index contributed by atoms with van der Waals surface area (Å²) in [7, 11) is 1.74. The summed E-state index contributed by atoms with van der Waals surface area (Å²) in [6.07, 6.45) is 0.880. The van der Waals surface area contributed by atoms with Crippen molar-refractivity contribution in [3.8, 4) is 6.07 Å². The van der Waals surface area contributed by atoms with Crippen LogP contribution in [0.25, 0.3) is 0 Å². The SMILES string of the molecule is CCCN(CC#N)C(=O)N(C)CC. The molecule has 0 unspecified atom stereocenters. The van der Waals surface area contributed by atoms with Gasteiger partial charge >= 0.3 is 6.03 Å². The van der Waals surface area contributed by atoms with Gasteiger partial charge in [-0.2, -0.15) is 5.26 Å². The number of carbonyl (C=O) groups is 1. The number of hydrogen-bond acceptors (Lipinski definition) is 2. The lowest BCUT2D eigenvalue weighted by Crippen LogP contribution is -2.41. The molecule has 13 heavy (non-hydrogen) atoms. The third-order valence-corrected chi connectivity index (χ3v) is 1.83. The molecule has 0 saturated carbocycles. The minimum atomic E-state index is -0.0640. The van der Waals surface area contributed by atoms with Crippen LogP contribution in [0, 0.1) is 11.3 Å². The van der Waals surface area contributed by atoms with Crippen LogP contribution < -0.4 is 0 Å². The van der Waals surface area contributed by atoms with Crippen molar-refractivity contribution in [2.75, 3.05) is 26.7 Å². The maximum Gasteiger partial charge on any atom is 0.320 e. The Hall–Kier alpha value is -1.24. The second-order valence-corrected chi connectivity index (χ2v) is 2.88. The molecule has 0 atom stereocenters. The van der Waals surface area contributed by atoms with E-state index >= 15 is 0 Å². The number of urea groups is 1. The van der Waals surface area contributed by atoms with E-state index in [-0.39, 0.29) is 12.6 Å². The molecule has 4 heteroatoms. The molecule has 0 aliphatic carbocycles. The molecule has 0 aliphatic rings. The zero-order chi connectivity index (χ0) is 10.3. The van der Waals surface area contributed by atoms with Gasteiger partial charge < -0.3 is 9.80 Å². The number of amides is 2. The van der Waals surface area contributed by atoms with Gasteiger partial charge in [-0.05, 0) is 13.3 Å². The van der Waals surface area contributed by atoms with E-state index in [1.165, 1.54) is 0 Å². The highest BCUT2D eigenvalue weighted by atomic mass is 16.2. The Labute approximate surface area is 79.7 Å². The number of hydrogen-bond donors (Lipinski definition) is 0. The predicted molar refractivity (Wildman–Crippen MR) is 51.2 cm³/mol. The van der Waals surface area contributed by atoms with Crippen LogP contribution in [0.4, 0.5) is 4.79 Å². The fourth-order valence-corrected chi connectivity index (χ4v) is 0.974. The Kier molecular flexibility index (Phi) is 5.69. The van der Waals surface area contributed by atoms with Crippen molar-refractivity contribution in [3.05, 3.63) is 0 Å². The number of nitriles is 1. The van der Waals surface area contributed by atoms with E-state index in [1.54, 1.807) is 16.8 Å². The summed E-state index contributed by atoms with van der Waals surface area (Å²) in [5.41, 5.74) is 0. The average Bonchev–Trinajstić information content (AvgIpc) is 2.15. The van der Waals surface area contributed by atoms with E-state index in [1.807, 2.05) is 19.9 Å². The van der Waals surface area contributed by atoms with E-state index < -0.39 is 0 Å². The first kappa shape index (κ1) is 11.8. The van der Waals surface area contributed by atoms with Crippen molar-refractivity contribution in [2.24, 2.45) is 0 Å². The van der Waals surface area contributed by atoms with Gasteiger partial charge in [0.2, 0.25) is 0 Å². The molecule has 0 spiro atoms. The molecule has 0 aromatic heterocycles. The van der Waals surface area contributed by atoms with Crippen molar-refractivity contribution in [1.82, 2.24) is 9.80 Å². The summed E-state index contributed by atoms with van der Waals surface area (Å²) in [5.74, 6) is 0. The third-order valence-electron chi connectivity index (χ3n) is 1.83. The lowest BCUT2D eigenvalue weighted by atomic mass is 10.4. The second-order valence-electron chi connectivity index (χ2n) is 2.88. The van der Waals surface area contributed by atoms with E-state index in [0.29, 0.717) is 13.1 Å². The molecule has 0 aromatic carbocycles. The quantitative estimate of drug-likeness (QED) is 0.617. The molecule has 0 rings (SSSR count). The fourth-order valence-electron chi connectivity index (χ4n) is 0.974. The van der Waals surface area contributed by atoms with Crippen LogP contribution in [-0.2, 0) is 0 Å². The van der Waals surface area contributed by atoms with Crippen molar-refractivity contribution in [3.63, 3.8) is 0 Å². The molecule has 0 heterocycles. The zero-order valence-corrected chi connectivity index (χ0v) is 8.58. The molecular formula is C9H17N3O. The summed E-state index contributed by atoms with van der Waals surface area (Å²) < 4.78 is 0. The van der Waals surface area contributed by atoms with E-state index in [9.17, 15) is 4.79 Å². The summed E-state index contributed by atoms with van der Waals surface area (Å²) in [4.78, 5) is 14.7. The highest BCUT2D eigenvalue weighted by molar-refractivity contribution is 5.74. The standard InChI is InChI=1S/C9H17N3O/c1-4-7-12(8-6-10)9(13)11(3)5-2/h4-5,7-8H2,1-3H3. The monoisotopic (exact) mass is 183 g/mol. The summed E-state index contributed by atoms with van der Waals surface area (Å²) in [5, 5.41) is 8.50. The molecule has 0 radical (unpaired) electrons. The normalized spacial score (nSPS) is 9.08. The van der Waals surface area contributed by atoms with Gasteiger partial charge in [-0.25, -0.2) is 4.79 Å². The van der Waals surface area contributed by atoms with Gasteiger partial charge in [-0.15, -0.1) is 0 Å². The Morgan fingerprint density at radius 1 is 1.46 bits per heavy atom. The molecule has 0 fully saturated rings. The number of nitrogens with zero attached hydrogens (tertiary/aromatic N) is 3. The van der Waals surface area contributed by atoms with Crippen molar-refractivity contribution in [2.45, 2.75) is 20.3 Å². The predicted octanol–water partition coefficient (Wildman–Crippen LogP) is 1.29. The number of carbonyl (C=O) groups excluding carboxylic acids is 1. The van der Waals surface area contributed by atoms with Gasteiger partial charge in [-0.3, -0.25) is 0 Å². The van der Waals surface area contributed by atoms with Crippen LogP contribution in [-0.4, -0.2) is 42.5 Å². The second kappa shape index (κ2) is 6.30. The van der Waals surface area contributed by atoms with Crippen LogP contribution in [0.3, 0.4) is 0 Å². The summed E-state index contributed by atoms with van der Waals surface area (Å²) in [6, 6.07) is 1.93. The van der Waals surface area contributed by atoms with Crippen LogP contribution in [0.2, 0.25) is 0 Å². The molecule has 0 N–H and O–H groups in total. The van der Waals surface area contributed by atoms with Crippen molar-refractivity contribution < 1.29 is 4.79 Å².